The highest BCUT2D eigenvalue weighted by atomic mass is 79.9. The molecule has 0 unspecified atom stereocenters. The van der Waals surface area contributed by atoms with Crippen molar-refractivity contribution in [2.75, 3.05) is 11.9 Å². The zero-order valence-electron chi connectivity index (χ0n) is 15.1. The number of halogens is 1. The van der Waals surface area contributed by atoms with Crippen molar-refractivity contribution in [3.05, 3.63) is 58.6 Å². The maximum atomic E-state index is 12.6. The van der Waals surface area contributed by atoms with E-state index in [1.54, 1.807) is 12.1 Å². The normalized spacial score (nSPS) is 11.7. The Labute approximate surface area is 162 Å². The van der Waals surface area contributed by atoms with E-state index in [0.717, 1.165) is 10.0 Å². The van der Waals surface area contributed by atoms with Crippen LogP contribution in [0.15, 0.2) is 53.0 Å². The van der Waals surface area contributed by atoms with Crippen LogP contribution in [0.25, 0.3) is 0 Å². The molecule has 0 saturated heterocycles. The van der Waals surface area contributed by atoms with Crippen molar-refractivity contribution in [1.29, 1.82) is 0 Å². The first-order valence-corrected chi connectivity index (χ1v) is 9.20. The number of hydrogen-bond donors (Lipinski definition) is 2. The molecule has 0 spiro atoms. The van der Waals surface area contributed by atoms with E-state index in [-0.39, 0.29) is 24.3 Å². The van der Waals surface area contributed by atoms with E-state index >= 15 is 0 Å². The highest BCUT2D eigenvalue weighted by Crippen LogP contribution is 2.20. The predicted octanol–water partition coefficient (Wildman–Crippen LogP) is 3.92. The van der Waals surface area contributed by atoms with Gasteiger partial charge >= 0.3 is 0 Å². The van der Waals surface area contributed by atoms with Gasteiger partial charge in [-0.15, -0.1) is 0 Å². The molecule has 0 aromatic heterocycles. The van der Waals surface area contributed by atoms with Crippen LogP contribution in [-0.4, -0.2) is 24.5 Å². The van der Waals surface area contributed by atoms with E-state index < -0.39 is 6.04 Å². The fraction of sp³-hybridized carbons (Fsp3) is 0.300. The van der Waals surface area contributed by atoms with Gasteiger partial charge in [-0.1, -0.05) is 48.0 Å². The summed E-state index contributed by atoms with van der Waals surface area (Å²) in [6.07, 6.45) is 0. The molecule has 2 N–H and O–H groups in total. The Morgan fingerprint density at radius 2 is 1.81 bits per heavy atom. The molecule has 2 amide bonds. The van der Waals surface area contributed by atoms with Crippen LogP contribution >= 0.6 is 15.9 Å². The van der Waals surface area contributed by atoms with Crippen LogP contribution in [0.5, 0.6) is 5.75 Å². The number of carbonyl (C=O) groups is 2. The molecule has 0 fully saturated rings. The molecule has 0 bridgehead atoms. The molecular weight excluding hydrogens is 396 g/mol. The maximum absolute atomic E-state index is 12.6. The topological polar surface area (TPSA) is 67.4 Å². The van der Waals surface area contributed by atoms with Crippen LogP contribution in [0.2, 0.25) is 0 Å². The average Bonchev–Trinajstić information content (AvgIpc) is 2.61. The van der Waals surface area contributed by atoms with E-state index in [0.29, 0.717) is 11.4 Å². The van der Waals surface area contributed by atoms with Crippen molar-refractivity contribution in [2.24, 2.45) is 5.92 Å². The zero-order valence-corrected chi connectivity index (χ0v) is 16.7. The molecule has 0 aliphatic carbocycles. The lowest BCUT2D eigenvalue weighted by Crippen LogP contribution is -2.48. The molecular formula is C20H23BrN2O3. The number of nitrogens with one attached hydrogen (secondary N) is 2. The fourth-order valence-corrected chi connectivity index (χ4v) is 2.60. The van der Waals surface area contributed by atoms with Crippen LogP contribution in [0, 0.1) is 12.8 Å². The number of ether oxygens (including phenoxy) is 1. The molecule has 26 heavy (non-hydrogen) atoms. The quantitative estimate of drug-likeness (QED) is 0.715. The molecule has 6 heteroatoms. The molecule has 0 aliphatic heterocycles. The lowest BCUT2D eigenvalue weighted by atomic mass is 10.0. The number of hydrogen-bond acceptors (Lipinski definition) is 3. The third-order valence-electron chi connectivity index (χ3n) is 3.80. The number of aryl methyl sites for hydroxylation is 1. The number of anilines is 1. The van der Waals surface area contributed by atoms with E-state index in [1.165, 1.54) is 0 Å². The van der Waals surface area contributed by atoms with Crippen LogP contribution in [-0.2, 0) is 9.59 Å². The molecule has 138 valence electrons. The van der Waals surface area contributed by atoms with E-state index in [4.69, 9.17) is 4.74 Å². The third kappa shape index (κ3) is 5.88. The molecule has 2 aromatic carbocycles. The number of rotatable bonds is 7. The lowest BCUT2D eigenvalue weighted by Gasteiger charge is -2.22. The number of amides is 2. The minimum absolute atomic E-state index is 0.0628. The maximum Gasteiger partial charge on any atom is 0.258 e. The van der Waals surface area contributed by atoms with Gasteiger partial charge in [0.1, 0.15) is 11.8 Å². The Morgan fingerprint density at radius 3 is 2.42 bits per heavy atom. The van der Waals surface area contributed by atoms with E-state index in [1.807, 2.05) is 57.2 Å². The summed E-state index contributed by atoms with van der Waals surface area (Å²) >= 11 is 3.43. The SMILES string of the molecule is Cc1cc(NC(=O)[C@H](NC(=O)COc2ccccc2)C(C)C)ccc1Br. The largest absolute Gasteiger partial charge is 0.484 e. The minimum Gasteiger partial charge on any atom is -0.484 e. The molecule has 2 rings (SSSR count). The monoisotopic (exact) mass is 418 g/mol. The van der Waals surface area contributed by atoms with Gasteiger partial charge in [-0.25, -0.2) is 0 Å². The van der Waals surface area contributed by atoms with Crippen molar-refractivity contribution in [3.8, 4) is 5.75 Å². The summed E-state index contributed by atoms with van der Waals surface area (Å²) < 4.78 is 6.40. The van der Waals surface area contributed by atoms with Gasteiger partial charge in [-0.3, -0.25) is 9.59 Å². The number of carbonyl (C=O) groups excluding carboxylic acids is 2. The molecule has 0 radical (unpaired) electrons. The minimum atomic E-state index is -0.647. The smallest absolute Gasteiger partial charge is 0.258 e. The fourth-order valence-electron chi connectivity index (χ4n) is 2.36. The highest BCUT2D eigenvalue weighted by Gasteiger charge is 2.24. The Bertz CT molecular complexity index is 763. The zero-order chi connectivity index (χ0) is 19.1. The standard InChI is InChI=1S/C20H23BrN2O3/c1-13(2)19(20(25)22-15-9-10-17(21)14(3)11-15)23-18(24)12-26-16-7-5-4-6-8-16/h4-11,13,19H,12H2,1-3H3,(H,22,25)(H,23,24)/t19-/m1/s1. The predicted molar refractivity (Wildman–Crippen MR) is 106 cm³/mol. The molecule has 0 saturated carbocycles. The summed E-state index contributed by atoms with van der Waals surface area (Å²) in [5.74, 6) is -0.0461. The summed E-state index contributed by atoms with van der Waals surface area (Å²) in [5.41, 5.74) is 1.71. The van der Waals surface area contributed by atoms with Gasteiger partial charge in [0.2, 0.25) is 5.91 Å². The van der Waals surface area contributed by atoms with Gasteiger partial charge < -0.3 is 15.4 Å². The second-order valence-corrected chi connectivity index (χ2v) is 7.20. The van der Waals surface area contributed by atoms with Crippen LogP contribution in [0.3, 0.4) is 0 Å². The van der Waals surface area contributed by atoms with Crippen molar-refractivity contribution >= 4 is 33.4 Å². The van der Waals surface area contributed by atoms with Gasteiger partial charge in [0, 0.05) is 10.2 Å². The van der Waals surface area contributed by atoms with Gasteiger partial charge in [0.05, 0.1) is 0 Å². The van der Waals surface area contributed by atoms with Gasteiger partial charge in [-0.05, 0) is 48.7 Å². The van der Waals surface area contributed by atoms with Gasteiger partial charge in [-0.2, -0.15) is 0 Å². The van der Waals surface area contributed by atoms with Gasteiger partial charge in [0.25, 0.3) is 5.91 Å². The first-order chi connectivity index (χ1) is 12.4. The molecule has 2 aromatic rings. The number of para-hydroxylation sites is 1. The summed E-state index contributed by atoms with van der Waals surface area (Å²) in [4.78, 5) is 24.7. The Hall–Kier alpha value is -2.34. The molecule has 1 atom stereocenters. The van der Waals surface area contributed by atoms with Crippen molar-refractivity contribution < 1.29 is 14.3 Å². The van der Waals surface area contributed by atoms with E-state index in [9.17, 15) is 9.59 Å². The van der Waals surface area contributed by atoms with Gasteiger partial charge in [0.15, 0.2) is 6.61 Å². The molecule has 0 aliphatic rings. The summed E-state index contributed by atoms with van der Waals surface area (Å²) in [5, 5.41) is 5.60. The Balaban J connectivity index is 1.95. The van der Waals surface area contributed by atoms with Crippen molar-refractivity contribution in [3.63, 3.8) is 0 Å². The number of benzene rings is 2. The van der Waals surface area contributed by atoms with Crippen LogP contribution in [0.1, 0.15) is 19.4 Å². The summed E-state index contributed by atoms with van der Waals surface area (Å²) in [7, 11) is 0. The third-order valence-corrected chi connectivity index (χ3v) is 4.69. The van der Waals surface area contributed by atoms with E-state index in [2.05, 4.69) is 26.6 Å². The summed E-state index contributed by atoms with van der Waals surface area (Å²) in [6, 6.07) is 14.0. The second kappa shape index (κ2) is 9.38. The molecule has 0 heterocycles. The Kier molecular flexibility index (Phi) is 7.21. The van der Waals surface area contributed by atoms with Crippen LogP contribution < -0.4 is 15.4 Å². The molecule has 5 nitrogen and oxygen atoms in total. The van der Waals surface area contributed by atoms with Crippen LogP contribution in [0.4, 0.5) is 5.69 Å². The first-order valence-electron chi connectivity index (χ1n) is 8.41. The lowest BCUT2D eigenvalue weighted by molar-refractivity contribution is -0.128. The van der Waals surface area contributed by atoms with Crippen molar-refractivity contribution in [1.82, 2.24) is 5.32 Å². The average molecular weight is 419 g/mol. The first kappa shape index (κ1) is 20.0. The van der Waals surface area contributed by atoms with Crippen molar-refractivity contribution in [2.45, 2.75) is 26.8 Å². The Morgan fingerprint density at radius 1 is 1.12 bits per heavy atom. The second-order valence-electron chi connectivity index (χ2n) is 6.34. The highest BCUT2D eigenvalue weighted by molar-refractivity contribution is 9.10. The summed E-state index contributed by atoms with van der Waals surface area (Å²) in [6.45, 7) is 5.57.